The molecule has 0 aliphatic carbocycles. The summed E-state index contributed by atoms with van der Waals surface area (Å²) in [5.41, 5.74) is 0.327. The Hall–Kier alpha value is -2.10. The molecule has 2 heterocycles. The second-order valence-electron chi connectivity index (χ2n) is 3.34. The van der Waals surface area contributed by atoms with Crippen molar-refractivity contribution < 1.29 is 13.2 Å². The maximum absolute atomic E-state index is 12.7. The summed E-state index contributed by atoms with van der Waals surface area (Å²) in [5, 5.41) is 8.45. The van der Waals surface area contributed by atoms with Crippen LogP contribution in [0.3, 0.4) is 0 Å². The number of alkyl halides is 3. The fourth-order valence-corrected chi connectivity index (χ4v) is 1.55. The zero-order chi connectivity index (χ0) is 12.5. The first kappa shape index (κ1) is 11.4. The minimum Gasteiger partial charge on any atom is -0.304 e. The van der Waals surface area contributed by atoms with Crippen LogP contribution >= 0.6 is 0 Å². The number of nitriles is 1. The highest BCUT2D eigenvalue weighted by atomic mass is 19.4. The number of hydrogen-bond acceptors (Lipinski definition) is 3. The molecular weight excluding hydrogens is 233 g/mol. The summed E-state index contributed by atoms with van der Waals surface area (Å²) in [5.74, 6) is -1.01. The van der Waals surface area contributed by atoms with Crippen LogP contribution in [0.25, 0.3) is 11.2 Å². The van der Waals surface area contributed by atoms with E-state index in [9.17, 15) is 13.2 Å². The Labute approximate surface area is 94.3 Å². The van der Waals surface area contributed by atoms with Crippen molar-refractivity contribution in [3.05, 3.63) is 24.2 Å². The van der Waals surface area contributed by atoms with Gasteiger partial charge in [0.05, 0.1) is 12.5 Å². The molecule has 0 fully saturated rings. The number of hydrogen-bond donors (Lipinski definition) is 0. The highest BCUT2D eigenvalue weighted by molar-refractivity contribution is 5.71. The first-order valence-corrected chi connectivity index (χ1v) is 4.79. The third kappa shape index (κ3) is 2.06. The summed E-state index contributed by atoms with van der Waals surface area (Å²) in [4.78, 5) is 7.36. The van der Waals surface area contributed by atoms with Gasteiger partial charge in [-0.1, -0.05) is 0 Å². The third-order valence-electron chi connectivity index (χ3n) is 2.20. The molecule has 0 atom stereocenters. The first-order valence-electron chi connectivity index (χ1n) is 4.79. The van der Waals surface area contributed by atoms with Crippen LogP contribution in [0.5, 0.6) is 0 Å². The summed E-state index contributed by atoms with van der Waals surface area (Å²) in [6, 6.07) is 4.78. The maximum Gasteiger partial charge on any atom is 0.449 e. The van der Waals surface area contributed by atoms with E-state index in [1.165, 1.54) is 18.3 Å². The van der Waals surface area contributed by atoms with Gasteiger partial charge in [0.2, 0.25) is 5.82 Å². The molecule has 0 aliphatic heterocycles. The Balaban J connectivity index is 2.62. The lowest BCUT2D eigenvalue weighted by atomic mass is 10.4. The fraction of sp³-hybridized carbons (Fsp3) is 0.300. The molecule has 88 valence electrons. The van der Waals surface area contributed by atoms with Crippen LogP contribution in [-0.2, 0) is 12.7 Å². The molecule has 4 nitrogen and oxygen atoms in total. The van der Waals surface area contributed by atoms with Crippen molar-refractivity contribution in [2.75, 3.05) is 0 Å². The van der Waals surface area contributed by atoms with Gasteiger partial charge >= 0.3 is 6.18 Å². The van der Waals surface area contributed by atoms with Crippen molar-refractivity contribution in [1.29, 1.82) is 5.26 Å². The molecule has 17 heavy (non-hydrogen) atoms. The molecule has 0 saturated carbocycles. The molecule has 2 rings (SSSR count). The van der Waals surface area contributed by atoms with Gasteiger partial charge in [-0.2, -0.15) is 18.4 Å². The molecule has 2 aromatic heterocycles. The number of fused-ring (bicyclic) bond motifs is 1. The van der Waals surface area contributed by atoms with Crippen molar-refractivity contribution in [2.45, 2.75) is 19.1 Å². The number of rotatable bonds is 2. The van der Waals surface area contributed by atoms with Crippen molar-refractivity contribution in [1.82, 2.24) is 14.5 Å². The second-order valence-corrected chi connectivity index (χ2v) is 3.34. The SMILES string of the molecule is N#CCCn1c(C(F)(F)F)nc2cccnc21. The van der Waals surface area contributed by atoms with Crippen molar-refractivity contribution in [2.24, 2.45) is 0 Å². The maximum atomic E-state index is 12.7. The molecular formula is C10H7F3N4. The Morgan fingerprint density at radius 1 is 1.41 bits per heavy atom. The summed E-state index contributed by atoms with van der Waals surface area (Å²) < 4.78 is 39.1. The Morgan fingerprint density at radius 3 is 2.82 bits per heavy atom. The molecule has 0 spiro atoms. The van der Waals surface area contributed by atoms with Gasteiger partial charge in [-0.25, -0.2) is 9.97 Å². The van der Waals surface area contributed by atoms with Crippen LogP contribution < -0.4 is 0 Å². The summed E-state index contributed by atoms with van der Waals surface area (Å²) in [7, 11) is 0. The lowest BCUT2D eigenvalue weighted by Gasteiger charge is -2.08. The van der Waals surface area contributed by atoms with Crippen LogP contribution in [0.1, 0.15) is 12.2 Å². The average molecular weight is 240 g/mol. The number of aryl methyl sites for hydroxylation is 1. The molecule has 0 N–H and O–H groups in total. The minimum atomic E-state index is -4.55. The van der Waals surface area contributed by atoms with Gasteiger partial charge in [0, 0.05) is 12.7 Å². The van der Waals surface area contributed by atoms with Gasteiger partial charge in [-0.3, -0.25) is 0 Å². The molecule has 0 unspecified atom stereocenters. The summed E-state index contributed by atoms with van der Waals surface area (Å²) in [6.07, 6.45) is -3.17. The number of halogens is 3. The Kier molecular flexibility index (Phi) is 2.71. The van der Waals surface area contributed by atoms with E-state index in [2.05, 4.69) is 9.97 Å². The van der Waals surface area contributed by atoms with E-state index >= 15 is 0 Å². The third-order valence-corrected chi connectivity index (χ3v) is 2.20. The second kappa shape index (κ2) is 4.05. The largest absolute Gasteiger partial charge is 0.449 e. The number of nitrogens with zero attached hydrogens (tertiary/aromatic N) is 4. The molecule has 0 radical (unpaired) electrons. The van der Waals surface area contributed by atoms with Gasteiger partial charge in [0.1, 0.15) is 5.52 Å². The van der Waals surface area contributed by atoms with E-state index in [0.29, 0.717) is 0 Å². The van der Waals surface area contributed by atoms with Crippen molar-refractivity contribution in [3.63, 3.8) is 0 Å². The van der Waals surface area contributed by atoms with E-state index < -0.39 is 12.0 Å². The van der Waals surface area contributed by atoms with Crippen LogP contribution in [0.4, 0.5) is 13.2 Å². The molecule has 0 bridgehead atoms. The normalized spacial score (nSPS) is 11.6. The predicted molar refractivity (Wildman–Crippen MR) is 52.8 cm³/mol. The van der Waals surface area contributed by atoms with Gasteiger partial charge in [-0.05, 0) is 12.1 Å². The van der Waals surface area contributed by atoms with E-state index in [1.54, 1.807) is 6.07 Å². The molecule has 2 aromatic rings. The summed E-state index contributed by atoms with van der Waals surface area (Å²) in [6.45, 7) is -0.0706. The predicted octanol–water partition coefficient (Wildman–Crippen LogP) is 2.36. The monoisotopic (exact) mass is 240 g/mol. The quantitative estimate of drug-likeness (QED) is 0.809. The molecule has 0 amide bonds. The van der Waals surface area contributed by atoms with Crippen LogP contribution in [0.2, 0.25) is 0 Å². The molecule has 7 heteroatoms. The zero-order valence-corrected chi connectivity index (χ0v) is 8.57. The number of aromatic nitrogens is 3. The number of imidazole rings is 1. The topological polar surface area (TPSA) is 54.5 Å². The molecule has 0 saturated heterocycles. The summed E-state index contributed by atoms with van der Waals surface area (Å²) >= 11 is 0. The first-order chi connectivity index (χ1) is 8.04. The van der Waals surface area contributed by atoms with E-state index in [4.69, 9.17) is 5.26 Å². The van der Waals surface area contributed by atoms with E-state index in [-0.39, 0.29) is 24.1 Å². The lowest BCUT2D eigenvalue weighted by Crippen LogP contribution is -2.15. The van der Waals surface area contributed by atoms with Gasteiger partial charge in [-0.15, -0.1) is 0 Å². The standard InChI is InChI=1S/C10H7F3N4/c11-10(12,13)9-16-7-3-1-5-15-8(7)17(9)6-2-4-14/h1,3,5H,2,6H2. The van der Waals surface area contributed by atoms with Crippen LogP contribution in [-0.4, -0.2) is 14.5 Å². The Morgan fingerprint density at radius 2 is 2.18 bits per heavy atom. The van der Waals surface area contributed by atoms with Gasteiger partial charge < -0.3 is 4.57 Å². The molecule has 0 aromatic carbocycles. The van der Waals surface area contributed by atoms with Crippen molar-refractivity contribution in [3.8, 4) is 6.07 Å². The van der Waals surface area contributed by atoms with Crippen LogP contribution in [0.15, 0.2) is 18.3 Å². The fourth-order valence-electron chi connectivity index (χ4n) is 1.55. The average Bonchev–Trinajstić information content (AvgIpc) is 2.65. The van der Waals surface area contributed by atoms with Gasteiger partial charge in [0.25, 0.3) is 0 Å². The van der Waals surface area contributed by atoms with E-state index in [0.717, 1.165) is 4.57 Å². The lowest BCUT2D eigenvalue weighted by molar-refractivity contribution is -0.146. The van der Waals surface area contributed by atoms with Gasteiger partial charge in [0.15, 0.2) is 5.65 Å². The molecule has 0 aliphatic rings. The highest BCUT2D eigenvalue weighted by Crippen LogP contribution is 2.30. The zero-order valence-electron chi connectivity index (χ0n) is 8.57. The van der Waals surface area contributed by atoms with Crippen LogP contribution in [0, 0.1) is 11.3 Å². The van der Waals surface area contributed by atoms with Crippen molar-refractivity contribution >= 4 is 11.2 Å². The Bertz CT molecular complexity index is 579. The smallest absolute Gasteiger partial charge is 0.304 e. The van der Waals surface area contributed by atoms with E-state index in [1.807, 2.05) is 0 Å². The number of pyridine rings is 1. The highest BCUT2D eigenvalue weighted by Gasteiger charge is 2.37. The minimum absolute atomic E-state index is 0.0227.